The number of benzene rings is 1. The van der Waals surface area contributed by atoms with E-state index in [1.165, 1.54) is 31.2 Å². The molecule has 0 aliphatic carbocycles. The van der Waals surface area contributed by atoms with E-state index in [1.807, 2.05) is 0 Å². The second-order valence-electron chi connectivity index (χ2n) is 4.01. The summed E-state index contributed by atoms with van der Waals surface area (Å²) >= 11 is 3.43. The van der Waals surface area contributed by atoms with E-state index in [0.717, 1.165) is 10.9 Å². The van der Waals surface area contributed by atoms with Crippen LogP contribution in [-0.4, -0.2) is 0 Å². The average molecular weight is 270 g/mol. The van der Waals surface area contributed by atoms with Crippen LogP contribution in [0.3, 0.4) is 0 Å². The zero-order chi connectivity index (χ0) is 11.1. The molecule has 0 saturated heterocycles. The van der Waals surface area contributed by atoms with Crippen molar-refractivity contribution in [2.24, 2.45) is 5.73 Å². The van der Waals surface area contributed by atoms with Gasteiger partial charge in [0.05, 0.1) is 0 Å². The van der Waals surface area contributed by atoms with Crippen LogP contribution in [0.5, 0.6) is 0 Å². The molecule has 15 heavy (non-hydrogen) atoms. The lowest BCUT2D eigenvalue weighted by Crippen LogP contribution is -2.09. The van der Waals surface area contributed by atoms with E-state index < -0.39 is 0 Å². The highest BCUT2D eigenvalue weighted by Crippen LogP contribution is 2.19. The summed E-state index contributed by atoms with van der Waals surface area (Å²) in [5.41, 5.74) is 7.36. The van der Waals surface area contributed by atoms with Crippen molar-refractivity contribution < 1.29 is 0 Å². The SMILES string of the molecule is CCCCCCC(N)c1ccc(Br)cc1. The van der Waals surface area contributed by atoms with Crippen LogP contribution in [-0.2, 0) is 0 Å². The van der Waals surface area contributed by atoms with E-state index >= 15 is 0 Å². The number of hydrogen-bond acceptors (Lipinski definition) is 1. The van der Waals surface area contributed by atoms with Gasteiger partial charge in [-0.1, -0.05) is 60.7 Å². The van der Waals surface area contributed by atoms with Gasteiger partial charge in [0.1, 0.15) is 0 Å². The Kier molecular flexibility index (Phi) is 5.96. The van der Waals surface area contributed by atoms with Crippen molar-refractivity contribution in [3.8, 4) is 0 Å². The minimum absolute atomic E-state index is 0.204. The maximum absolute atomic E-state index is 6.11. The summed E-state index contributed by atoms with van der Waals surface area (Å²) < 4.78 is 1.12. The van der Waals surface area contributed by atoms with Crippen LogP contribution in [0, 0.1) is 0 Å². The fourth-order valence-electron chi connectivity index (χ4n) is 1.67. The van der Waals surface area contributed by atoms with Gasteiger partial charge in [0.15, 0.2) is 0 Å². The van der Waals surface area contributed by atoms with Gasteiger partial charge in [-0.3, -0.25) is 0 Å². The molecule has 1 unspecified atom stereocenters. The molecule has 84 valence electrons. The molecular formula is C13H20BrN. The minimum Gasteiger partial charge on any atom is -0.324 e. The van der Waals surface area contributed by atoms with Gasteiger partial charge in [0.25, 0.3) is 0 Å². The Morgan fingerprint density at radius 1 is 1.13 bits per heavy atom. The lowest BCUT2D eigenvalue weighted by molar-refractivity contribution is 0.566. The predicted molar refractivity (Wildman–Crippen MR) is 69.8 cm³/mol. The Hall–Kier alpha value is -0.340. The second kappa shape index (κ2) is 7.02. The van der Waals surface area contributed by atoms with E-state index in [1.54, 1.807) is 0 Å². The third-order valence-electron chi connectivity index (χ3n) is 2.67. The Morgan fingerprint density at radius 2 is 1.80 bits per heavy atom. The standard InChI is InChI=1S/C13H20BrN/c1-2-3-4-5-6-13(15)11-7-9-12(14)10-8-11/h7-10,13H,2-6,15H2,1H3. The maximum atomic E-state index is 6.11. The van der Waals surface area contributed by atoms with Crippen LogP contribution < -0.4 is 5.73 Å². The Bertz CT molecular complexity index is 268. The fourth-order valence-corrected chi connectivity index (χ4v) is 1.93. The van der Waals surface area contributed by atoms with Gasteiger partial charge in [-0.2, -0.15) is 0 Å². The van der Waals surface area contributed by atoms with Gasteiger partial charge < -0.3 is 5.73 Å². The summed E-state index contributed by atoms with van der Waals surface area (Å²) in [6.07, 6.45) is 6.26. The van der Waals surface area contributed by atoms with Crippen molar-refractivity contribution in [3.05, 3.63) is 34.3 Å². The molecule has 1 aromatic carbocycles. The first-order valence-corrected chi connectivity index (χ1v) is 6.54. The lowest BCUT2D eigenvalue weighted by atomic mass is 10.0. The monoisotopic (exact) mass is 269 g/mol. The van der Waals surface area contributed by atoms with Gasteiger partial charge in [0.2, 0.25) is 0 Å². The molecule has 2 N–H and O–H groups in total. The summed E-state index contributed by atoms with van der Waals surface area (Å²) in [4.78, 5) is 0. The molecular weight excluding hydrogens is 250 g/mol. The summed E-state index contributed by atoms with van der Waals surface area (Å²) in [6, 6.07) is 8.53. The molecule has 0 bridgehead atoms. The number of hydrogen-bond donors (Lipinski definition) is 1. The summed E-state index contributed by atoms with van der Waals surface area (Å²) in [5.74, 6) is 0. The quantitative estimate of drug-likeness (QED) is 0.761. The molecule has 0 fully saturated rings. The normalized spacial score (nSPS) is 12.7. The molecule has 1 rings (SSSR count). The highest BCUT2D eigenvalue weighted by molar-refractivity contribution is 9.10. The van der Waals surface area contributed by atoms with Gasteiger partial charge in [0, 0.05) is 10.5 Å². The molecule has 0 amide bonds. The third-order valence-corrected chi connectivity index (χ3v) is 3.20. The molecule has 0 aromatic heterocycles. The first-order valence-electron chi connectivity index (χ1n) is 5.75. The summed E-state index contributed by atoms with van der Waals surface area (Å²) in [5, 5.41) is 0. The van der Waals surface area contributed by atoms with Crippen LogP contribution in [0.1, 0.15) is 50.6 Å². The van der Waals surface area contributed by atoms with Crippen molar-refractivity contribution >= 4 is 15.9 Å². The van der Waals surface area contributed by atoms with Crippen molar-refractivity contribution in [2.45, 2.75) is 45.1 Å². The van der Waals surface area contributed by atoms with Crippen LogP contribution in [0.4, 0.5) is 0 Å². The van der Waals surface area contributed by atoms with Crippen LogP contribution >= 0.6 is 15.9 Å². The number of nitrogens with two attached hydrogens (primary N) is 1. The largest absolute Gasteiger partial charge is 0.324 e. The van der Waals surface area contributed by atoms with Crippen molar-refractivity contribution in [1.82, 2.24) is 0 Å². The van der Waals surface area contributed by atoms with Gasteiger partial charge in [-0.05, 0) is 24.1 Å². The van der Waals surface area contributed by atoms with Gasteiger partial charge in [-0.25, -0.2) is 0 Å². The number of halogens is 1. The molecule has 1 aromatic rings. The van der Waals surface area contributed by atoms with Gasteiger partial charge in [-0.15, -0.1) is 0 Å². The smallest absolute Gasteiger partial charge is 0.0294 e. The van der Waals surface area contributed by atoms with Gasteiger partial charge >= 0.3 is 0 Å². The molecule has 0 spiro atoms. The zero-order valence-corrected chi connectivity index (χ0v) is 11.0. The molecule has 0 heterocycles. The number of rotatable bonds is 6. The van der Waals surface area contributed by atoms with Crippen LogP contribution in [0.2, 0.25) is 0 Å². The maximum Gasteiger partial charge on any atom is 0.0294 e. The highest BCUT2D eigenvalue weighted by Gasteiger charge is 2.04. The van der Waals surface area contributed by atoms with E-state index in [2.05, 4.69) is 47.1 Å². The Labute approximate surface area is 101 Å². The lowest BCUT2D eigenvalue weighted by Gasteiger charge is -2.11. The van der Waals surface area contributed by atoms with Crippen molar-refractivity contribution in [2.75, 3.05) is 0 Å². The topological polar surface area (TPSA) is 26.0 Å². The molecule has 1 atom stereocenters. The van der Waals surface area contributed by atoms with Crippen LogP contribution in [0.15, 0.2) is 28.7 Å². The van der Waals surface area contributed by atoms with Crippen LogP contribution in [0.25, 0.3) is 0 Å². The molecule has 0 radical (unpaired) electrons. The molecule has 2 heteroatoms. The van der Waals surface area contributed by atoms with Crippen molar-refractivity contribution in [1.29, 1.82) is 0 Å². The Balaban J connectivity index is 2.33. The van der Waals surface area contributed by atoms with E-state index in [9.17, 15) is 0 Å². The first-order chi connectivity index (χ1) is 7.24. The van der Waals surface area contributed by atoms with E-state index in [-0.39, 0.29) is 6.04 Å². The molecule has 0 aliphatic rings. The summed E-state index contributed by atoms with van der Waals surface area (Å²) in [6.45, 7) is 2.23. The molecule has 1 nitrogen and oxygen atoms in total. The first kappa shape index (κ1) is 12.7. The molecule has 0 aliphatic heterocycles. The minimum atomic E-state index is 0.204. The van der Waals surface area contributed by atoms with Crippen molar-refractivity contribution in [3.63, 3.8) is 0 Å². The Morgan fingerprint density at radius 3 is 2.40 bits per heavy atom. The average Bonchev–Trinajstić information content (AvgIpc) is 2.25. The zero-order valence-electron chi connectivity index (χ0n) is 9.38. The molecule has 0 saturated carbocycles. The number of unbranched alkanes of at least 4 members (excludes halogenated alkanes) is 3. The third kappa shape index (κ3) is 4.80. The van der Waals surface area contributed by atoms with E-state index in [0.29, 0.717) is 0 Å². The second-order valence-corrected chi connectivity index (χ2v) is 4.92. The summed E-state index contributed by atoms with van der Waals surface area (Å²) in [7, 11) is 0. The van der Waals surface area contributed by atoms with E-state index in [4.69, 9.17) is 5.73 Å². The fraction of sp³-hybridized carbons (Fsp3) is 0.538. The highest BCUT2D eigenvalue weighted by atomic mass is 79.9. The predicted octanol–water partition coefficient (Wildman–Crippen LogP) is 4.42.